The molecule has 0 radical (unpaired) electrons. The van der Waals surface area contributed by atoms with Gasteiger partial charge in [-0.3, -0.25) is 19.2 Å². The number of aliphatic hydroxyl groups is 2. The Bertz CT molecular complexity index is 1790. The maximum absolute atomic E-state index is 14.5. The summed E-state index contributed by atoms with van der Waals surface area (Å²) in [6.07, 6.45) is 13.3. The minimum atomic E-state index is -2.42. The molecule has 1 amide bonds. The Balaban J connectivity index is 1.70. The minimum Gasteiger partial charge on any atom is -0.460 e. The number of hydrogen-bond donors (Lipinski definition) is 3. The average Bonchev–Trinajstić information content (AvgIpc) is 3.30. The number of likely N-dealkylation sites (N-methyl/N-ethyl adjacent to an activating group) is 1. The van der Waals surface area contributed by atoms with E-state index in [-0.39, 0.29) is 60.9 Å². The Morgan fingerprint density at radius 3 is 2.28 bits per heavy atom. The van der Waals surface area contributed by atoms with Gasteiger partial charge >= 0.3 is 5.97 Å². The molecule has 3 aliphatic heterocycles. The van der Waals surface area contributed by atoms with Crippen LogP contribution in [-0.2, 0) is 47.7 Å². The molecule has 2 unspecified atom stereocenters. The number of hydrogen-bond acceptors (Lipinski definition) is 13. The summed E-state index contributed by atoms with van der Waals surface area (Å²) in [5.41, 5.74) is 1.29. The minimum absolute atomic E-state index is 0.00877. The molecule has 14 nitrogen and oxygen atoms in total. The summed E-state index contributed by atoms with van der Waals surface area (Å²) in [6.45, 7) is 15.8. The fourth-order valence-corrected chi connectivity index (χ4v) is 10.6. The van der Waals surface area contributed by atoms with Gasteiger partial charge in [0, 0.05) is 64.5 Å². The number of cyclic esters (lactones) is 1. The van der Waals surface area contributed by atoms with E-state index in [1.165, 1.54) is 12.0 Å². The van der Waals surface area contributed by atoms with Crippen LogP contribution < -0.4 is 5.32 Å². The van der Waals surface area contributed by atoms with Gasteiger partial charge in [0.15, 0.2) is 5.78 Å². The Morgan fingerprint density at radius 2 is 1.61 bits per heavy atom. The Hall–Kier alpha value is -3.37. The predicted molar refractivity (Wildman–Crippen MR) is 257 cm³/mol. The lowest BCUT2D eigenvalue weighted by Crippen LogP contribution is -2.61. The number of carbonyl (C=O) groups is 5. The van der Waals surface area contributed by atoms with Gasteiger partial charge in [0.25, 0.3) is 11.7 Å². The van der Waals surface area contributed by atoms with Crippen LogP contribution in [0.2, 0.25) is 0 Å². The quantitative estimate of drug-likeness (QED) is 0.131. The van der Waals surface area contributed by atoms with Crippen LogP contribution in [0.5, 0.6) is 0 Å². The Kier molecular flexibility index (Phi) is 22.3. The average molecular weight is 941 g/mol. The van der Waals surface area contributed by atoms with Crippen molar-refractivity contribution in [3.05, 3.63) is 47.6 Å². The Morgan fingerprint density at radius 1 is 0.881 bits per heavy atom. The number of aliphatic hydroxyl groups excluding tert-OH is 1. The van der Waals surface area contributed by atoms with Gasteiger partial charge in [-0.05, 0) is 114 Å². The fourth-order valence-electron chi connectivity index (χ4n) is 10.6. The van der Waals surface area contributed by atoms with Crippen LogP contribution in [-0.4, -0.2) is 133 Å². The molecule has 0 aromatic heterocycles. The number of methoxy groups -OCH3 is 3. The molecule has 3 heterocycles. The van der Waals surface area contributed by atoms with E-state index in [1.807, 2.05) is 58.1 Å². The van der Waals surface area contributed by atoms with E-state index in [0.29, 0.717) is 50.5 Å². The van der Waals surface area contributed by atoms with Crippen molar-refractivity contribution in [1.82, 2.24) is 10.2 Å². The lowest BCUT2D eigenvalue weighted by atomic mass is 9.77. The first-order valence-electron chi connectivity index (χ1n) is 25.0. The zero-order valence-electron chi connectivity index (χ0n) is 42.4. The summed E-state index contributed by atoms with van der Waals surface area (Å²) in [6, 6.07) is -0.885. The van der Waals surface area contributed by atoms with Gasteiger partial charge < -0.3 is 44.1 Å². The molecular weight excluding hydrogens is 857 g/mol. The van der Waals surface area contributed by atoms with Crippen LogP contribution >= 0.6 is 0 Å². The number of nitrogens with zero attached hydrogens (tertiary/aromatic N) is 1. The maximum atomic E-state index is 14.5. The highest BCUT2D eigenvalue weighted by Crippen LogP contribution is 2.38. The molecule has 4 rings (SSSR count). The van der Waals surface area contributed by atoms with Crippen molar-refractivity contribution < 1.29 is 57.9 Å². The largest absolute Gasteiger partial charge is 0.460 e. The maximum Gasteiger partial charge on any atom is 0.329 e. The summed E-state index contributed by atoms with van der Waals surface area (Å²) in [4.78, 5) is 72.2. The second-order valence-electron chi connectivity index (χ2n) is 20.2. The van der Waals surface area contributed by atoms with Crippen LogP contribution in [0.25, 0.3) is 0 Å². The number of piperidine rings is 1. The number of carbonyl (C=O) groups excluding carboxylic acids is 5. The van der Waals surface area contributed by atoms with Gasteiger partial charge in [-0.2, -0.15) is 0 Å². The highest BCUT2D eigenvalue weighted by atomic mass is 16.6. The molecule has 3 N–H and O–H groups in total. The van der Waals surface area contributed by atoms with Crippen LogP contribution in [0.15, 0.2) is 47.6 Å². The molecular formula is C53H84N2O12. The first-order chi connectivity index (χ1) is 31.8. The third-order valence-electron chi connectivity index (χ3n) is 15.0. The van der Waals surface area contributed by atoms with E-state index >= 15 is 0 Å². The van der Waals surface area contributed by atoms with Crippen molar-refractivity contribution in [3.8, 4) is 0 Å². The number of nitrogens with one attached hydrogen (secondary N) is 1. The summed E-state index contributed by atoms with van der Waals surface area (Å²) >= 11 is 0. The summed E-state index contributed by atoms with van der Waals surface area (Å²) in [5, 5.41) is 27.0. The SMILES string of the molecule is CCN[C@@H]1CC[C@@H](C[C@@H](C)[C@@H]2CC(=O)[C@H](C)/C=C(\C)[C@@H](O)[C@@H](OC)C(=O)[C@H](C)C[C@H](C)/C=C/C=C/C=C(\C)[C@@H](OC)CC3CC[C@@H](C)[C@@](O)(O3)C(=O)C(=O)N3CCCCC3C(=O)O2)C[C@H]1OC. The van der Waals surface area contributed by atoms with E-state index < -0.39 is 77.8 Å². The molecule has 3 fully saturated rings. The monoisotopic (exact) mass is 941 g/mol. The van der Waals surface area contributed by atoms with E-state index in [2.05, 4.69) is 12.2 Å². The van der Waals surface area contributed by atoms with Crippen LogP contribution in [0.1, 0.15) is 132 Å². The number of ketones is 3. The number of rotatable bonds is 8. The summed E-state index contributed by atoms with van der Waals surface area (Å²) in [5.74, 6) is -7.59. The molecule has 2 bridgehead atoms. The zero-order chi connectivity index (χ0) is 49.6. The first-order valence-corrected chi connectivity index (χ1v) is 25.0. The molecule has 14 heteroatoms. The lowest BCUT2D eigenvalue weighted by molar-refractivity contribution is -0.265. The number of fused-ring (bicyclic) bond motifs is 3. The molecule has 1 aliphatic carbocycles. The zero-order valence-corrected chi connectivity index (χ0v) is 42.4. The smallest absolute Gasteiger partial charge is 0.329 e. The van der Waals surface area contributed by atoms with Gasteiger partial charge in [-0.15, -0.1) is 0 Å². The van der Waals surface area contributed by atoms with Gasteiger partial charge in [0.05, 0.1) is 18.3 Å². The Labute approximate surface area is 400 Å². The first kappa shape index (κ1) is 56.2. The molecule has 15 atom stereocenters. The normalized spacial score (nSPS) is 39.6. The number of ether oxygens (including phenoxy) is 5. The number of Topliss-reactive ketones (excluding diaryl/α,β-unsaturated/α-hetero) is 3. The topological polar surface area (TPSA) is 187 Å². The highest BCUT2D eigenvalue weighted by molar-refractivity contribution is 6.39. The summed E-state index contributed by atoms with van der Waals surface area (Å²) in [7, 11) is 4.70. The molecule has 1 saturated carbocycles. The molecule has 378 valence electrons. The predicted octanol–water partition coefficient (Wildman–Crippen LogP) is 6.80. The van der Waals surface area contributed by atoms with Crippen LogP contribution in [0.3, 0.4) is 0 Å². The van der Waals surface area contributed by atoms with E-state index in [0.717, 1.165) is 31.4 Å². The second-order valence-corrected chi connectivity index (χ2v) is 20.2. The van der Waals surface area contributed by atoms with Crippen molar-refractivity contribution in [2.75, 3.05) is 34.4 Å². The third-order valence-corrected chi connectivity index (χ3v) is 15.0. The second kappa shape index (κ2) is 26.6. The van der Waals surface area contributed by atoms with Crippen molar-refractivity contribution in [1.29, 1.82) is 0 Å². The molecule has 0 spiro atoms. The molecule has 0 aromatic rings. The van der Waals surface area contributed by atoms with Crippen molar-refractivity contribution in [2.24, 2.45) is 35.5 Å². The van der Waals surface area contributed by atoms with Crippen LogP contribution in [0.4, 0.5) is 0 Å². The number of allylic oxidation sites excluding steroid dienone is 6. The van der Waals surface area contributed by atoms with Crippen molar-refractivity contribution in [2.45, 2.75) is 187 Å². The number of amides is 1. The molecule has 4 aliphatic rings. The number of esters is 1. The lowest BCUT2D eigenvalue weighted by Gasteiger charge is -2.42. The highest BCUT2D eigenvalue weighted by Gasteiger charge is 2.53. The summed E-state index contributed by atoms with van der Waals surface area (Å²) < 4.78 is 29.8. The molecule has 67 heavy (non-hydrogen) atoms. The molecule has 0 aromatic carbocycles. The molecule has 2 saturated heterocycles. The van der Waals surface area contributed by atoms with E-state index in [9.17, 15) is 34.2 Å². The van der Waals surface area contributed by atoms with E-state index in [4.69, 9.17) is 23.7 Å². The fraction of sp³-hybridized carbons (Fsp3) is 0.755. The standard InChI is InChI=1S/C53H84N2O12/c1-12-54-41-24-22-39(29-46(41)64-10)28-35(5)45-31-43(56)34(4)27-37(7)48(58)49(65-11)47(57)36(6)26-32(2)18-14-13-15-19-33(3)44(63-9)30-40-23-21-38(8)53(62,67-40)50(59)51(60)55-25-17-16-20-42(55)52(61)66-45/h13-15,18-19,27,32,34-36,38-42,44-46,48-49,54,58,62H,12,16-17,20-26,28-31H2,1-11H3/b15-13+,18-14+,33-19+,37-27+/t32-,34-,35-,36-,38-,39+,40?,41-,42?,44+,45+,46-,48-,49+,53-/m1/s1. The van der Waals surface area contributed by atoms with E-state index in [1.54, 1.807) is 41.1 Å². The van der Waals surface area contributed by atoms with Crippen molar-refractivity contribution in [3.63, 3.8) is 0 Å². The van der Waals surface area contributed by atoms with Gasteiger partial charge in [0.2, 0.25) is 5.79 Å². The van der Waals surface area contributed by atoms with Crippen LogP contribution in [0, 0.1) is 35.5 Å². The van der Waals surface area contributed by atoms with Gasteiger partial charge in [0.1, 0.15) is 30.1 Å². The van der Waals surface area contributed by atoms with Gasteiger partial charge in [-0.1, -0.05) is 78.0 Å². The third kappa shape index (κ3) is 15.1. The van der Waals surface area contributed by atoms with Crippen molar-refractivity contribution >= 4 is 29.2 Å². The van der Waals surface area contributed by atoms with Gasteiger partial charge in [-0.25, -0.2) is 4.79 Å².